The van der Waals surface area contributed by atoms with Gasteiger partial charge in [0.2, 0.25) is 23.4 Å². The van der Waals surface area contributed by atoms with Gasteiger partial charge < -0.3 is 19.5 Å². The molecule has 2 saturated heterocycles. The highest BCUT2D eigenvalue weighted by molar-refractivity contribution is 6.58. The van der Waals surface area contributed by atoms with E-state index in [0.29, 0.717) is 11.4 Å². The quantitative estimate of drug-likeness (QED) is 0.0354. The van der Waals surface area contributed by atoms with Crippen molar-refractivity contribution >= 4 is 75.3 Å². The molecule has 0 radical (unpaired) electrons. The molecule has 316 valence electrons. The van der Waals surface area contributed by atoms with Gasteiger partial charge in [0.1, 0.15) is 5.69 Å². The van der Waals surface area contributed by atoms with E-state index in [2.05, 4.69) is 10.2 Å². The molecule has 2 aliphatic heterocycles. The minimum atomic E-state index is -2.79. The summed E-state index contributed by atoms with van der Waals surface area (Å²) in [5.41, 5.74) is 0.400. The molecular formula is C42H32Cl2F5N5O7. The van der Waals surface area contributed by atoms with E-state index in [1.807, 2.05) is 31.1 Å². The zero-order chi connectivity index (χ0) is 44.0. The molecule has 6 atom stereocenters. The van der Waals surface area contributed by atoms with Gasteiger partial charge in [0.05, 0.1) is 43.1 Å². The van der Waals surface area contributed by atoms with Gasteiger partial charge in [-0.15, -0.1) is 23.2 Å². The summed E-state index contributed by atoms with van der Waals surface area (Å²) in [6, 6.07) is 15.9. The molecule has 4 amide bonds. The maximum Gasteiger partial charge on any atom is 0.258 e. The van der Waals surface area contributed by atoms with E-state index in [4.69, 9.17) is 32.7 Å². The van der Waals surface area contributed by atoms with Gasteiger partial charge in [-0.25, -0.2) is 26.9 Å². The monoisotopic (exact) mass is 883 g/mol. The lowest BCUT2D eigenvalue weighted by atomic mass is 9.56. The van der Waals surface area contributed by atoms with Crippen molar-refractivity contribution in [3.8, 4) is 17.2 Å². The topological polar surface area (TPSA) is 141 Å². The van der Waals surface area contributed by atoms with Gasteiger partial charge in [-0.05, 0) is 85.0 Å². The summed E-state index contributed by atoms with van der Waals surface area (Å²) >= 11 is 14.5. The number of imide groups is 2. The van der Waals surface area contributed by atoms with E-state index in [1.165, 1.54) is 38.5 Å². The van der Waals surface area contributed by atoms with E-state index < -0.39 is 104 Å². The molecule has 1 saturated carbocycles. The average Bonchev–Trinajstić information content (AvgIpc) is 3.59. The average molecular weight is 885 g/mol. The van der Waals surface area contributed by atoms with Crippen LogP contribution < -0.4 is 24.2 Å². The van der Waals surface area contributed by atoms with E-state index >= 15 is 8.78 Å². The van der Waals surface area contributed by atoms with Gasteiger partial charge in [-0.3, -0.25) is 24.1 Å². The second-order valence-electron chi connectivity index (χ2n) is 15.1. The number of carbonyl (C=O) groups excluding carboxylic acids is 4. The molecule has 61 heavy (non-hydrogen) atoms. The molecule has 1 N–H and O–H groups in total. The highest BCUT2D eigenvalue weighted by atomic mass is 35.5. The predicted octanol–water partition coefficient (Wildman–Crippen LogP) is 8.35. The van der Waals surface area contributed by atoms with Crippen molar-refractivity contribution in [3.63, 3.8) is 0 Å². The third-order valence-corrected chi connectivity index (χ3v) is 13.2. The van der Waals surface area contributed by atoms with E-state index in [9.17, 15) is 37.5 Å². The molecule has 2 aliphatic carbocycles. The van der Waals surface area contributed by atoms with Gasteiger partial charge >= 0.3 is 0 Å². The molecule has 3 fully saturated rings. The van der Waals surface area contributed by atoms with Crippen molar-refractivity contribution < 1.29 is 55.7 Å². The zero-order valence-electron chi connectivity index (χ0n) is 32.4. The van der Waals surface area contributed by atoms with Crippen LogP contribution in [0.5, 0.6) is 17.2 Å². The number of carbonyl (C=O) groups is 4. The molecule has 0 spiro atoms. The summed E-state index contributed by atoms with van der Waals surface area (Å²) < 4.78 is 84.9. The number of phenolic OH excluding ortho intramolecular Hbond substituents is 1. The molecular weight excluding hydrogens is 852 g/mol. The Labute approximate surface area is 353 Å². The lowest BCUT2D eigenvalue weighted by Crippen LogP contribution is -2.60. The fourth-order valence-electron chi connectivity index (χ4n) is 8.88. The van der Waals surface area contributed by atoms with Crippen molar-refractivity contribution in [3.05, 3.63) is 107 Å². The molecule has 0 bridgehead atoms. The number of allylic oxidation sites excluding steroid dienone is 2. The molecule has 2 heterocycles. The summed E-state index contributed by atoms with van der Waals surface area (Å²) in [7, 11) is 6.20. The van der Waals surface area contributed by atoms with Crippen molar-refractivity contribution in [2.24, 2.45) is 28.0 Å². The van der Waals surface area contributed by atoms with Gasteiger partial charge in [0.25, 0.3) is 11.8 Å². The molecule has 19 heteroatoms. The van der Waals surface area contributed by atoms with E-state index in [0.717, 1.165) is 10.6 Å². The lowest BCUT2D eigenvalue weighted by molar-refractivity contribution is -0.125. The third-order valence-electron chi connectivity index (χ3n) is 11.8. The number of azo groups is 1. The van der Waals surface area contributed by atoms with Crippen molar-refractivity contribution in [1.29, 1.82) is 0 Å². The first-order valence-electron chi connectivity index (χ1n) is 18.5. The summed E-state index contributed by atoms with van der Waals surface area (Å²) in [5, 5.41) is 19.3. The largest absolute Gasteiger partial charge is 0.502 e. The van der Waals surface area contributed by atoms with Crippen molar-refractivity contribution in [2.45, 2.75) is 28.5 Å². The van der Waals surface area contributed by atoms with E-state index in [1.54, 1.807) is 30.3 Å². The number of amides is 4. The number of halogens is 7. The van der Waals surface area contributed by atoms with Gasteiger partial charge in [0.15, 0.2) is 44.5 Å². The molecule has 12 nitrogen and oxygen atoms in total. The fourth-order valence-corrected chi connectivity index (χ4v) is 9.81. The van der Waals surface area contributed by atoms with Crippen LogP contribution in [-0.2, 0) is 19.2 Å². The Morgan fingerprint density at radius 3 is 1.79 bits per heavy atom. The number of ether oxygens (including phenoxy) is 2. The Kier molecular flexibility index (Phi) is 10.1. The second kappa shape index (κ2) is 14.8. The fraction of sp³-hybridized carbons (Fsp3) is 0.286. The van der Waals surface area contributed by atoms with Crippen molar-refractivity contribution in [1.82, 2.24) is 0 Å². The molecule has 4 aromatic carbocycles. The maximum absolute atomic E-state index is 15.4. The number of hydrogen-bond acceptors (Lipinski definition) is 10. The first-order valence-corrected chi connectivity index (χ1v) is 19.3. The number of hydrogen-bond donors (Lipinski definition) is 1. The Morgan fingerprint density at radius 2 is 1.26 bits per heavy atom. The first-order chi connectivity index (χ1) is 28.9. The summed E-state index contributed by atoms with van der Waals surface area (Å²) in [5.74, 6) is -23.1. The van der Waals surface area contributed by atoms with Crippen LogP contribution in [-0.4, -0.2) is 66.8 Å². The Balaban J connectivity index is 1.21. The summed E-state index contributed by atoms with van der Waals surface area (Å²) in [4.78, 5) is 54.9. The number of alkyl halides is 2. The summed E-state index contributed by atoms with van der Waals surface area (Å²) in [6.45, 7) is 0. The van der Waals surface area contributed by atoms with Crippen LogP contribution in [0.15, 0.2) is 82.5 Å². The van der Waals surface area contributed by atoms with Crippen LogP contribution >= 0.6 is 23.2 Å². The lowest BCUT2D eigenvalue weighted by Gasteiger charge is -2.50. The van der Waals surface area contributed by atoms with Crippen LogP contribution in [0.1, 0.15) is 24.3 Å². The molecule has 6 unspecified atom stereocenters. The van der Waals surface area contributed by atoms with Crippen LogP contribution in [0.3, 0.4) is 0 Å². The summed E-state index contributed by atoms with van der Waals surface area (Å²) in [6.07, 6.45) is 0.752. The standard InChI is InChI=1S/C42H32Cl2F5N5O7/c1-52(2)21-9-5-19(6-10-21)50-51-20-7-11-22(12-8-20)53-37(56)24-14-13-23-25(28(24)38(53)57)17-41(43)39(58)54(35-33(48)31(46)30(45)32(47)34(35)49)40(59)42(41,44)29(23)18-15-26(60-3)36(55)27(16-18)61-4/h5-13,15-16,24-25,28-29,55H,14,17H2,1-4H3. The molecule has 8 rings (SSSR count). The third kappa shape index (κ3) is 5.98. The number of aromatic hydroxyl groups is 1. The number of phenols is 1. The Bertz CT molecular complexity index is 2580. The number of nitrogens with zero attached hydrogens (tertiary/aromatic N) is 5. The number of rotatable bonds is 8. The zero-order valence-corrected chi connectivity index (χ0v) is 33.9. The van der Waals surface area contributed by atoms with E-state index in [-0.39, 0.29) is 39.6 Å². The van der Waals surface area contributed by atoms with Gasteiger partial charge in [0, 0.05) is 25.7 Å². The van der Waals surface area contributed by atoms with Crippen LogP contribution in [0, 0.1) is 46.8 Å². The van der Waals surface area contributed by atoms with Crippen molar-refractivity contribution in [2.75, 3.05) is 43.0 Å². The van der Waals surface area contributed by atoms with Gasteiger partial charge in [-0.1, -0.05) is 11.6 Å². The molecule has 4 aliphatic rings. The number of benzene rings is 4. The predicted molar refractivity (Wildman–Crippen MR) is 212 cm³/mol. The number of fused-ring (bicyclic) bond motifs is 4. The highest BCUT2D eigenvalue weighted by Crippen LogP contribution is 2.66. The first kappa shape index (κ1) is 41.7. The highest BCUT2D eigenvalue weighted by Gasteiger charge is 2.77. The van der Waals surface area contributed by atoms with Crippen LogP contribution in [0.2, 0.25) is 0 Å². The molecule has 0 aromatic heterocycles. The maximum atomic E-state index is 15.4. The normalized spacial score (nSPS) is 25.8. The smallest absolute Gasteiger partial charge is 0.258 e. The van der Waals surface area contributed by atoms with Gasteiger partial charge in [-0.2, -0.15) is 10.2 Å². The number of anilines is 3. The van der Waals surface area contributed by atoms with Crippen LogP contribution in [0.4, 0.5) is 50.4 Å². The van der Waals surface area contributed by atoms with Crippen LogP contribution in [0.25, 0.3) is 0 Å². The minimum absolute atomic E-state index is 0.0200. The Hall–Kier alpha value is -6.07. The second-order valence-corrected chi connectivity index (χ2v) is 16.3. The minimum Gasteiger partial charge on any atom is -0.502 e. The SMILES string of the molecule is COc1cc(C2C3=CCC4C(=O)N(c5ccc(N=Nc6ccc(N(C)C)cc6)cc5)C(=O)C4C3CC3(Cl)C(=O)N(c4c(F)c(F)c(F)c(F)c4F)C(=O)C23Cl)cc(OC)c1O. The number of methoxy groups -OCH3 is 2. The Morgan fingerprint density at radius 1 is 0.738 bits per heavy atom. The molecule has 4 aromatic rings.